The van der Waals surface area contributed by atoms with E-state index in [1.165, 1.54) is 6.92 Å². The van der Waals surface area contributed by atoms with Crippen molar-refractivity contribution in [1.29, 1.82) is 0 Å². The quantitative estimate of drug-likeness (QED) is 0.788. The van der Waals surface area contributed by atoms with Crippen LogP contribution in [0.15, 0.2) is 42.5 Å². The minimum Gasteiger partial charge on any atom is -0.496 e. The maximum Gasteiger partial charge on any atom is 0.224 e. The molecule has 1 amide bonds. The van der Waals surface area contributed by atoms with E-state index >= 15 is 0 Å². The molecule has 0 bridgehead atoms. The molecule has 25 heavy (non-hydrogen) atoms. The van der Waals surface area contributed by atoms with Gasteiger partial charge in [0.2, 0.25) is 5.91 Å². The SMILES string of the molecule is COc1ccc(C(C)=O)cc1CC(=O)NCc1ccc(N(C)C)cc1. The molecule has 0 aliphatic carbocycles. The molecule has 0 aliphatic heterocycles. The van der Waals surface area contributed by atoms with Crippen LogP contribution in [0.1, 0.15) is 28.4 Å². The number of carbonyl (C=O) groups is 2. The van der Waals surface area contributed by atoms with Crippen molar-refractivity contribution in [1.82, 2.24) is 5.32 Å². The van der Waals surface area contributed by atoms with E-state index in [1.807, 2.05) is 43.3 Å². The van der Waals surface area contributed by atoms with Gasteiger partial charge in [0, 0.05) is 37.5 Å². The third kappa shape index (κ3) is 5.08. The van der Waals surface area contributed by atoms with Crippen molar-refractivity contribution in [3.05, 3.63) is 59.2 Å². The highest BCUT2D eigenvalue weighted by Crippen LogP contribution is 2.21. The number of ether oxygens (including phenoxy) is 1. The van der Waals surface area contributed by atoms with E-state index in [0.29, 0.717) is 23.4 Å². The van der Waals surface area contributed by atoms with Crippen molar-refractivity contribution in [2.45, 2.75) is 19.9 Å². The predicted octanol–water partition coefficient (Wildman–Crippen LogP) is 2.82. The zero-order chi connectivity index (χ0) is 18.4. The number of Topliss-reactive ketones (excluding diaryl/α,β-unsaturated/α-hetero) is 1. The van der Waals surface area contributed by atoms with E-state index in [9.17, 15) is 9.59 Å². The number of methoxy groups -OCH3 is 1. The van der Waals surface area contributed by atoms with Crippen molar-refractivity contribution < 1.29 is 14.3 Å². The van der Waals surface area contributed by atoms with Crippen LogP contribution in [0.4, 0.5) is 5.69 Å². The maximum atomic E-state index is 12.3. The monoisotopic (exact) mass is 340 g/mol. The average molecular weight is 340 g/mol. The summed E-state index contributed by atoms with van der Waals surface area (Å²) in [6, 6.07) is 13.2. The molecule has 0 saturated carbocycles. The summed E-state index contributed by atoms with van der Waals surface area (Å²) >= 11 is 0. The summed E-state index contributed by atoms with van der Waals surface area (Å²) in [6.45, 7) is 1.96. The van der Waals surface area contributed by atoms with Gasteiger partial charge in [-0.15, -0.1) is 0 Å². The summed E-state index contributed by atoms with van der Waals surface area (Å²) in [6.07, 6.45) is 0.167. The van der Waals surface area contributed by atoms with Crippen LogP contribution in [0.25, 0.3) is 0 Å². The third-order valence-corrected chi connectivity index (χ3v) is 3.98. The maximum absolute atomic E-state index is 12.3. The first kappa shape index (κ1) is 18.5. The molecule has 0 unspecified atom stereocenters. The summed E-state index contributed by atoms with van der Waals surface area (Å²) in [5.74, 6) is 0.455. The first-order valence-electron chi connectivity index (χ1n) is 8.11. The lowest BCUT2D eigenvalue weighted by molar-refractivity contribution is -0.120. The van der Waals surface area contributed by atoms with E-state index < -0.39 is 0 Å². The zero-order valence-electron chi connectivity index (χ0n) is 15.1. The third-order valence-electron chi connectivity index (χ3n) is 3.98. The Morgan fingerprint density at radius 2 is 1.76 bits per heavy atom. The number of amides is 1. The highest BCUT2D eigenvalue weighted by Gasteiger charge is 2.11. The summed E-state index contributed by atoms with van der Waals surface area (Å²) in [5.41, 5.74) is 3.42. The van der Waals surface area contributed by atoms with Gasteiger partial charge < -0.3 is 15.0 Å². The largest absolute Gasteiger partial charge is 0.496 e. The van der Waals surface area contributed by atoms with Gasteiger partial charge in [0.25, 0.3) is 0 Å². The minimum atomic E-state index is -0.115. The topological polar surface area (TPSA) is 58.6 Å². The molecule has 0 spiro atoms. The van der Waals surface area contributed by atoms with Gasteiger partial charge in [0.15, 0.2) is 5.78 Å². The number of anilines is 1. The highest BCUT2D eigenvalue weighted by atomic mass is 16.5. The lowest BCUT2D eigenvalue weighted by Crippen LogP contribution is -2.24. The normalized spacial score (nSPS) is 10.2. The van der Waals surface area contributed by atoms with Gasteiger partial charge in [-0.2, -0.15) is 0 Å². The van der Waals surface area contributed by atoms with Gasteiger partial charge in [-0.1, -0.05) is 12.1 Å². The molecule has 5 heteroatoms. The molecule has 0 atom stereocenters. The van der Waals surface area contributed by atoms with E-state index in [1.54, 1.807) is 25.3 Å². The number of nitrogens with one attached hydrogen (secondary N) is 1. The molecular weight excluding hydrogens is 316 g/mol. The molecule has 5 nitrogen and oxygen atoms in total. The van der Waals surface area contributed by atoms with Gasteiger partial charge in [-0.25, -0.2) is 0 Å². The Balaban J connectivity index is 2.00. The predicted molar refractivity (Wildman–Crippen MR) is 99.3 cm³/mol. The Hall–Kier alpha value is -2.82. The lowest BCUT2D eigenvalue weighted by Gasteiger charge is -2.13. The summed E-state index contributed by atoms with van der Waals surface area (Å²) in [5, 5.41) is 2.90. The van der Waals surface area contributed by atoms with Gasteiger partial charge in [0.1, 0.15) is 5.75 Å². The van der Waals surface area contributed by atoms with Crippen molar-refractivity contribution in [3.63, 3.8) is 0 Å². The van der Waals surface area contributed by atoms with Crippen molar-refractivity contribution in [3.8, 4) is 5.75 Å². The van der Waals surface area contributed by atoms with Crippen LogP contribution >= 0.6 is 0 Å². The molecule has 0 saturated heterocycles. The molecule has 0 aromatic heterocycles. The second-order valence-electron chi connectivity index (χ2n) is 6.10. The van der Waals surface area contributed by atoms with Crippen molar-refractivity contribution in [2.24, 2.45) is 0 Å². The van der Waals surface area contributed by atoms with E-state index in [2.05, 4.69) is 5.32 Å². The van der Waals surface area contributed by atoms with Gasteiger partial charge >= 0.3 is 0 Å². The van der Waals surface area contributed by atoms with Gasteiger partial charge in [-0.05, 0) is 42.8 Å². The van der Waals surface area contributed by atoms with Crippen LogP contribution in [0.2, 0.25) is 0 Å². The minimum absolute atomic E-state index is 0.0368. The number of ketones is 1. The molecular formula is C20H24N2O3. The second kappa shape index (κ2) is 8.33. The number of rotatable bonds is 7. The molecule has 2 aromatic carbocycles. The molecule has 132 valence electrons. The Labute approximate surface area is 148 Å². The van der Waals surface area contributed by atoms with E-state index in [0.717, 1.165) is 11.3 Å². The standard InChI is InChI=1S/C20H24N2O3/c1-14(23)16-7-10-19(25-4)17(11-16)12-20(24)21-13-15-5-8-18(9-6-15)22(2)3/h5-11H,12-13H2,1-4H3,(H,21,24). The first-order valence-corrected chi connectivity index (χ1v) is 8.11. The Kier molecular flexibility index (Phi) is 6.17. The molecule has 0 heterocycles. The van der Waals surface area contributed by atoms with Crippen LogP contribution in [0, 0.1) is 0 Å². The molecule has 0 fully saturated rings. The van der Waals surface area contributed by atoms with Crippen LogP contribution < -0.4 is 15.0 Å². The molecule has 0 radical (unpaired) electrons. The summed E-state index contributed by atoms with van der Waals surface area (Å²) < 4.78 is 5.28. The zero-order valence-corrected chi connectivity index (χ0v) is 15.1. The second-order valence-corrected chi connectivity index (χ2v) is 6.10. The smallest absolute Gasteiger partial charge is 0.224 e. The molecule has 1 N–H and O–H groups in total. The van der Waals surface area contributed by atoms with Crippen LogP contribution in [-0.2, 0) is 17.8 Å². The number of nitrogens with zero attached hydrogens (tertiary/aromatic N) is 1. The fraction of sp³-hybridized carbons (Fsp3) is 0.300. The van der Waals surface area contributed by atoms with Crippen molar-refractivity contribution in [2.75, 3.05) is 26.1 Å². The summed E-state index contributed by atoms with van der Waals surface area (Å²) in [7, 11) is 5.52. The fourth-order valence-corrected chi connectivity index (χ4v) is 2.48. The van der Waals surface area contributed by atoms with E-state index in [4.69, 9.17) is 4.74 Å². The number of benzene rings is 2. The number of hydrogen-bond acceptors (Lipinski definition) is 4. The van der Waals surface area contributed by atoms with Crippen LogP contribution in [0.5, 0.6) is 5.75 Å². The van der Waals surface area contributed by atoms with Gasteiger partial charge in [-0.3, -0.25) is 9.59 Å². The van der Waals surface area contributed by atoms with Crippen molar-refractivity contribution >= 4 is 17.4 Å². The lowest BCUT2D eigenvalue weighted by atomic mass is 10.0. The Bertz CT molecular complexity index is 752. The Morgan fingerprint density at radius 1 is 1.08 bits per heavy atom. The van der Waals surface area contributed by atoms with E-state index in [-0.39, 0.29) is 18.1 Å². The highest BCUT2D eigenvalue weighted by molar-refractivity contribution is 5.94. The molecule has 2 aromatic rings. The Morgan fingerprint density at radius 3 is 2.32 bits per heavy atom. The molecule has 0 aliphatic rings. The summed E-state index contributed by atoms with van der Waals surface area (Å²) in [4.78, 5) is 25.8. The number of hydrogen-bond donors (Lipinski definition) is 1. The molecule has 2 rings (SSSR count). The number of carbonyl (C=O) groups excluding carboxylic acids is 2. The van der Waals surface area contributed by atoms with Crippen LogP contribution in [0.3, 0.4) is 0 Å². The van der Waals surface area contributed by atoms with Gasteiger partial charge in [0.05, 0.1) is 13.5 Å². The fourth-order valence-electron chi connectivity index (χ4n) is 2.48. The first-order chi connectivity index (χ1) is 11.9. The van der Waals surface area contributed by atoms with Crippen LogP contribution in [-0.4, -0.2) is 32.9 Å². The average Bonchev–Trinajstić information content (AvgIpc) is 2.60.